The molecule has 4 aliphatic rings. The van der Waals surface area contributed by atoms with Crippen molar-refractivity contribution in [1.29, 1.82) is 0 Å². The van der Waals surface area contributed by atoms with Crippen molar-refractivity contribution in [3.05, 3.63) is 11.6 Å². The highest BCUT2D eigenvalue weighted by atomic mass is 16.3. The predicted octanol–water partition coefficient (Wildman–Crippen LogP) is 4.13. The molecule has 4 aliphatic carbocycles. The van der Waals surface area contributed by atoms with Gasteiger partial charge >= 0.3 is 0 Å². The second kappa shape index (κ2) is 5.78. The summed E-state index contributed by atoms with van der Waals surface area (Å²) in [7, 11) is 0. The minimum absolute atomic E-state index is 0.0823. The molecule has 0 aliphatic heterocycles. The molecule has 0 radical (unpaired) electrons. The number of fused-ring (bicyclic) bond motifs is 5. The summed E-state index contributed by atoms with van der Waals surface area (Å²) < 4.78 is 0. The quantitative estimate of drug-likeness (QED) is 0.683. The number of hydrogen-bond acceptors (Lipinski definition) is 2. The van der Waals surface area contributed by atoms with E-state index in [2.05, 4.69) is 26.7 Å². The number of hydrogen-bond donors (Lipinski definition) is 1. The Labute approximate surface area is 140 Å². The van der Waals surface area contributed by atoms with E-state index in [9.17, 15) is 9.90 Å². The monoisotopic (exact) mass is 314 g/mol. The first-order valence-electron chi connectivity index (χ1n) is 9.20. The van der Waals surface area contributed by atoms with Gasteiger partial charge in [-0.05, 0) is 79.6 Å². The maximum Gasteiger partial charge on any atom is 0.155 e. The van der Waals surface area contributed by atoms with E-state index in [0.29, 0.717) is 11.7 Å². The Morgan fingerprint density at radius 1 is 1.04 bits per heavy atom. The van der Waals surface area contributed by atoms with Gasteiger partial charge in [0, 0.05) is 6.42 Å². The van der Waals surface area contributed by atoms with Crippen LogP contribution in [-0.4, -0.2) is 17.0 Å². The number of aliphatic hydroxyl groups is 1. The van der Waals surface area contributed by atoms with Gasteiger partial charge in [-0.15, -0.1) is 12.8 Å². The number of aliphatic hydroxyl groups excluding tert-OH is 1. The molecular formula is C21H30O2. The van der Waals surface area contributed by atoms with Crippen LogP contribution in [-0.2, 0) is 4.79 Å². The number of carbonyl (C=O) groups excluding carboxylic acids is 1. The van der Waals surface area contributed by atoms with Crippen molar-refractivity contribution in [2.45, 2.75) is 71.3 Å². The Hall–Kier alpha value is -1.07. The number of rotatable bonds is 0. The van der Waals surface area contributed by atoms with Gasteiger partial charge in [-0.3, -0.25) is 4.79 Å². The molecule has 2 heteroatoms. The maximum atomic E-state index is 11.8. The van der Waals surface area contributed by atoms with E-state index in [4.69, 9.17) is 0 Å². The molecule has 126 valence electrons. The van der Waals surface area contributed by atoms with Crippen LogP contribution in [0.2, 0.25) is 0 Å². The van der Waals surface area contributed by atoms with Crippen molar-refractivity contribution in [2.75, 3.05) is 0 Å². The van der Waals surface area contributed by atoms with Crippen LogP contribution >= 0.6 is 0 Å². The minimum Gasteiger partial charge on any atom is -0.393 e. The summed E-state index contributed by atoms with van der Waals surface area (Å²) >= 11 is 0. The molecule has 23 heavy (non-hydrogen) atoms. The van der Waals surface area contributed by atoms with Crippen LogP contribution in [0.3, 0.4) is 0 Å². The number of ketones is 1. The van der Waals surface area contributed by atoms with Gasteiger partial charge in [-0.1, -0.05) is 19.4 Å². The van der Waals surface area contributed by atoms with E-state index in [-0.39, 0.29) is 16.9 Å². The van der Waals surface area contributed by atoms with Crippen molar-refractivity contribution >= 4 is 5.78 Å². The van der Waals surface area contributed by atoms with E-state index < -0.39 is 0 Å². The van der Waals surface area contributed by atoms with Crippen molar-refractivity contribution < 1.29 is 9.90 Å². The standard InChI is InChI=1S/C19H28O2.C2H2/c1-18-9-7-13(20)11-12(18)3-4-14-15-5-6-17(21)19(15,2)10-8-16(14)18;1-2/h11,14-17,21H,3-10H2,1-2H3;1-2H. The largest absolute Gasteiger partial charge is 0.393 e. The zero-order valence-electron chi connectivity index (χ0n) is 14.6. The molecule has 3 saturated carbocycles. The average molecular weight is 314 g/mol. The minimum atomic E-state index is -0.0823. The molecule has 0 bridgehead atoms. The van der Waals surface area contributed by atoms with E-state index >= 15 is 0 Å². The van der Waals surface area contributed by atoms with Crippen LogP contribution in [0, 0.1) is 41.4 Å². The van der Waals surface area contributed by atoms with Crippen molar-refractivity contribution in [2.24, 2.45) is 28.6 Å². The predicted molar refractivity (Wildman–Crippen MR) is 92.6 cm³/mol. The molecule has 0 aromatic heterocycles. The molecule has 0 aromatic rings. The summed E-state index contributed by atoms with van der Waals surface area (Å²) in [4.78, 5) is 11.8. The van der Waals surface area contributed by atoms with Crippen molar-refractivity contribution in [1.82, 2.24) is 0 Å². The summed E-state index contributed by atoms with van der Waals surface area (Å²) in [6.07, 6.45) is 18.7. The van der Waals surface area contributed by atoms with Gasteiger partial charge in [-0.2, -0.15) is 0 Å². The van der Waals surface area contributed by atoms with E-state index in [1.54, 1.807) is 0 Å². The van der Waals surface area contributed by atoms with Crippen LogP contribution < -0.4 is 0 Å². The maximum absolute atomic E-state index is 11.8. The molecule has 6 atom stereocenters. The molecule has 2 nitrogen and oxygen atoms in total. The molecule has 0 aromatic carbocycles. The molecule has 6 unspecified atom stereocenters. The lowest BCUT2D eigenvalue weighted by atomic mass is 9.47. The topological polar surface area (TPSA) is 37.3 Å². The van der Waals surface area contributed by atoms with E-state index in [0.717, 1.165) is 37.5 Å². The lowest BCUT2D eigenvalue weighted by Crippen LogP contribution is -2.51. The molecule has 0 saturated heterocycles. The van der Waals surface area contributed by atoms with Gasteiger partial charge in [-0.25, -0.2) is 0 Å². The molecule has 1 N–H and O–H groups in total. The first-order chi connectivity index (χ1) is 10.9. The molecule has 0 heterocycles. The van der Waals surface area contributed by atoms with Gasteiger partial charge < -0.3 is 5.11 Å². The Morgan fingerprint density at radius 2 is 1.78 bits per heavy atom. The highest BCUT2D eigenvalue weighted by Crippen LogP contribution is 2.65. The van der Waals surface area contributed by atoms with Crippen molar-refractivity contribution in [3.63, 3.8) is 0 Å². The van der Waals surface area contributed by atoms with E-state index in [1.807, 2.05) is 6.08 Å². The summed E-state index contributed by atoms with van der Waals surface area (Å²) in [5.41, 5.74) is 1.89. The lowest BCUT2D eigenvalue weighted by Gasteiger charge is -2.57. The van der Waals surface area contributed by atoms with Gasteiger partial charge in [0.05, 0.1) is 6.10 Å². The Kier molecular flexibility index (Phi) is 4.21. The fourth-order valence-corrected chi connectivity index (χ4v) is 6.53. The summed E-state index contributed by atoms with van der Waals surface area (Å²) in [6, 6.07) is 0. The lowest BCUT2D eigenvalue weighted by molar-refractivity contribution is -0.118. The fraction of sp³-hybridized carbons (Fsp3) is 0.762. The molecule has 4 rings (SSSR count). The first kappa shape index (κ1) is 16.8. The Morgan fingerprint density at radius 3 is 2.52 bits per heavy atom. The van der Waals surface area contributed by atoms with Gasteiger partial charge in [0.15, 0.2) is 5.78 Å². The third-order valence-electron chi connectivity index (χ3n) is 7.91. The molecular weight excluding hydrogens is 284 g/mol. The number of carbonyl (C=O) groups is 1. The Bertz CT molecular complexity index is 545. The highest BCUT2D eigenvalue weighted by Gasteiger charge is 2.58. The smallest absolute Gasteiger partial charge is 0.155 e. The van der Waals surface area contributed by atoms with Gasteiger partial charge in [0.25, 0.3) is 0 Å². The number of allylic oxidation sites excluding steroid dienone is 1. The Balaban J connectivity index is 0.000000753. The second-order valence-electron chi connectivity index (χ2n) is 8.61. The first-order valence-corrected chi connectivity index (χ1v) is 9.20. The van der Waals surface area contributed by atoms with Crippen LogP contribution in [0.25, 0.3) is 0 Å². The van der Waals surface area contributed by atoms with Gasteiger partial charge in [0.2, 0.25) is 0 Å². The molecule has 3 fully saturated rings. The van der Waals surface area contributed by atoms with Crippen LogP contribution in [0.4, 0.5) is 0 Å². The zero-order valence-corrected chi connectivity index (χ0v) is 14.6. The molecule has 0 spiro atoms. The zero-order chi connectivity index (χ0) is 16.8. The van der Waals surface area contributed by atoms with Gasteiger partial charge in [0.1, 0.15) is 0 Å². The summed E-state index contributed by atoms with van der Waals surface area (Å²) in [5.74, 6) is 2.57. The summed E-state index contributed by atoms with van der Waals surface area (Å²) in [5, 5.41) is 10.4. The SMILES string of the molecule is C#C.CC12CCC(=O)C=C1CCC1C2CCC2(C)C(O)CCC12. The number of terminal acetylenes is 1. The average Bonchev–Trinajstić information content (AvgIpc) is 2.86. The molecule has 0 amide bonds. The highest BCUT2D eigenvalue weighted by molar-refractivity contribution is 5.91. The van der Waals surface area contributed by atoms with Crippen molar-refractivity contribution in [3.8, 4) is 12.8 Å². The van der Waals surface area contributed by atoms with E-state index in [1.165, 1.54) is 31.3 Å². The normalized spacial score (nSPS) is 48.2. The van der Waals surface area contributed by atoms with Crippen LogP contribution in [0.15, 0.2) is 11.6 Å². The third kappa shape index (κ3) is 2.31. The van der Waals surface area contributed by atoms with Crippen LogP contribution in [0.5, 0.6) is 0 Å². The fourth-order valence-electron chi connectivity index (χ4n) is 6.53. The van der Waals surface area contributed by atoms with Crippen LogP contribution in [0.1, 0.15) is 65.2 Å². The second-order valence-corrected chi connectivity index (χ2v) is 8.61. The summed E-state index contributed by atoms with van der Waals surface area (Å²) in [6.45, 7) is 4.76. The third-order valence-corrected chi connectivity index (χ3v) is 7.91.